The maximum atomic E-state index is 12.1. The van der Waals surface area contributed by atoms with Gasteiger partial charge >= 0.3 is 0 Å². The third kappa shape index (κ3) is 2.38. The molecule has 1 aliphatic heterocycles. The molecular weight excluding hydrogens is 204 g/mol. The molecule has 0 spiro atoms. The van der Waals surface area contributed by atoms with Crippen molar-refractivity contribution >= 4 is 5.91 Å². The van der Waals surface area contributed by atoms with Crippen LogP contribution >= 0.6 is 0 Å². The molecule has 1 aliphatic carbocycles. The van der Waals surface area contributed by atoms with Crippen molar-refractivity contribution in [3.8, 4) is 0 Å². The SMILES string of the molecule is NC(C(=O)N1CCCCC1)C1CCCC1O. The molecule has 0 bridgehead atoms. The Labute approximate surface area is 96.8 Å². The number of carbonyl (C=O) groups excluding carboxylic acids is 1. The van der Waals surface area contributed by atoms with Gasteiger partial charge in [-0.3, -0.25) is 4.79 Å². The number of carbonyl (C=O) groups is 1. The van der Waals surface area contributed by atoms with E-state index >= 15 is 0 Å². The number of amides is 1. The minimum absolute atomic E-state index is 0.0190. The van der Waals surface area contributed by atoms with Gasteiger partial charge in [0.15, 0.2) is 0 Å². The van der Waals surface area contributed by atoms with Gasteiger partial charge in [-0.1, -0.05) is 6.42 Å². The van der Waals surface area contributed by atoms with E-state index in [0.717, 1.165) is 45.2 Å². The number of hydrogen-bond donors (Lipinski definition) is 2. The number of nitrogens with zero attached hydrogens (tertiary/aromatic N) is 1. The number of rotatable bonds is 2. The van der Waals surface area contributed by atoms with Crippen LogP contribution in [0.1, 0.15) is 38.5 Å². The van der Waals surface area contributed by atoms with Crippen molar-refractivity contribution in [2.24, 2.45) is 11.7 Å². The van der Waals surface area contributed by atoms with E-state index in [0.29, 0.717) is 0 Å². The summed E-state index contributed by atoms with van der Waals surface area (Å²) in [5, 5.41) is 9.76. The minimum Gasteiger partial charge on any atom is -0.393 e. The molecule has 1 amide bonds. The topological polar surface area (TPSA) is 66.6 Å². The first-order chi connectivity index (χ1) is 7.70. The molecule has 4 heteroatoms. The van der Waals surface area contributed by atoms with Gasteiger partial charge in [-0.15, -0.1) is 0 Å². The van der Waals surface area contributed by atoms with E-state index in [9.17, 15) is 9.90 Å². The first-order valence-corrected chi connectivity index (χ1v) is 6.42. The van der Waals surface area contributed by atoms with Crippen molar-refractivity contribution < 1.29 is 9.90 Å². The highest BCUT2D eigenvalue weighted by Crippen LogP contribution is 2.28. The standard InChI is InChI=1S/C12H22N2O2/c13-11(9-5-4-6-10(9)15)12(16)14-7-2-1-3-8-14/h9-11,15H,1-8,13H2. The summed E-state index contributed by atoms with van der Waals surface area (Å²) in [6.45, 7) is 1.69. The van der Waals surface area contributed by atoms with Crippen LogP contribution < -0.4 is 5.73 Å². The summed E-state index contributed by atoms with van der Waals surface area (Å²) in [5.41, 5.74) is 5.99. The summed E-state index contributed by atoms with van der Waals surface area (Å²) in [6, 6.07) is -0.490. The molecule has 0 radical (unpaired) electrons. The Morgan fingerprint density at radius 1 is 1.19 bits per heavy atom. The van der Waals surface area contributed by atoms with Crippen LogP contribution in [-0.4, -0.2) is 41.1 Å². The zero-order valence-corrected chi connectivity index (χ0v) is 9.77. The van der Waals surface area contributed by atoms with Crippen molar-refractivity contribution in [2.75, 3.05) is 13.1 Å². The van der Waals surface area contributed by atoms with E-state index in [1.807, 2.05) is 4.90 Å². The van der Waals surface area contributed by atoms with Crippen LogP contribution in [0.3, 0.4) is 0 Å². The van der Waals surface area contributed by atoms with Gasteiger partial charge < -0.3 is 15.7 Å². The second-order valence-corrected chi connectivity index (χ2v) is 5.07. The van der Waals surface area contributed by atoms with Crippen molar-refractivity contribution in [3.05, 3.63) is 0 Å². The van der Waals surface area contributed by atoms with Gasteiger partial charge in [0.05, 0.1) is 12.1 Å². The second kappa shape index (κ2) is 5.15. The lowest BCUT2D eigenvalue weighted by molar-refractivity contribution is -0.135. The van der Waals surface area contributed by atoms with E-state index in [-0.39, 0.29) is 17.9 Å². The van der Waals surface area contributed by atoms with Crippen molar-refractivity contribution in [2.45, 2.75) is 50.7 Å². The highest BCUT2D eigenvalue weighted by Gasteiger charge is 2.36. The molecule has 1 saturated carbocycles. The molecule has 3 atom stereocenters. The molecule has 92 valence electrons. The number of nitrogens with two attached hydrogens (primary N) is 1. The quantitative estimate of drug-likeness (QED) is 0.720. The fraction of sp³-hybridized carbons (Fsp3) is 0.917. The molecule has 1 saturated heterocycles. The number of aliphatic hydroxyl groups is 1. The average molecular weight is 226 g/mol. The molecule has 1 heterocycles. The van der Waals surface area contributed by atoms with Gasteiger partial charge in [0, 0.05) is 19.0 Å². The van der Waals surface area contributed by atoms with Crippen LogP contribution in [0, 0.1) is 5.92 Å². The number of piperidine rings is 1. The predicted molar refractivity (Wildman–Crippen MR) is 61.8 cm³/mol. The fourth-order valence-corrected chi connectivity index (χ4v) is 2.90. The molecule has 2 aliphatic rings. The summed E-state index contributed by atoms with van der Waals surface area (Å²) >= 11 is 0. The van der Waals surface area contributed by atoms with Crippen LogP contribution in [-0.2, 0) is 4.79 Å². The molecular formula is C12H22N2O2. The fourth-order valence-electron chi connectivity index (χ4n) is 2.90. The lowest BCUT2D eigenvalue weighted by Gasteiger charge is -2.31. The molecule has 0 aromatic carbocycles. The minimum atomic E-state index is -0.490. The maximum Gasteiger partial charge on any atom is 0.239 e. The lowest BCUT2D eigenvalue weighted by atomic mass is 9.95. The number of aliphatic hydroxyl groups excluding tert-OH is 1. The maximum absolute atomic E-state index is 12.1. The van der Waals surface area contributed by atoms with E-state index in [4.69, 9.17) is 5.73 Å². The third-order valence-corrected chi connectivity index (χ3v) is 3.95. The summed E-state index contributed by atoms with van der Waals surface area (Å²) in [4.78, 5) is 14.0. The molecule has 4 nitrogen and oxygen atoms in total. The number of likely N-dealkylation sites (tertiary alicyclic amines) is 1. The molecule has 2 fully saturated rings. The summed E-state index contributed by atoms with van der Waals surface area (Å²) in [5.74, 6) is 0.0278. The molecule has 0 aromatic rings. The lowest BCUT2D eigenvalue weighted by Crippen LogP contribution is -2.50. The molecule has 3 unspecified atom stereocenters. The second-order valence-electron chi connectivity index (χ2n) is 5.07. The molecule has 3 N–H and O–H groups in total. The van der Waals surface area contributed by atoms with Crippen LogP contribution in [0.4, 0.5) is 0 Å². The van der Waals surface area contributed by atoms with E-state index < -0.39 is 6.04 Å². The summed E-state index contributed by atoms with van der Waals surface area (Å²) in [6.07, 6.45) is 5.70. The smallest absolute Gasteiger partial charge is 0.239 e. The van der Waals surface area contributed by atoms with Gasteiger partial charge in [-0.2, -0.15) is 0 Å². The van der Waals surface area contributed by atoms with Crippen LogP contribution in [0.5, 0.6) is 0 Å². The van der Waals surface area contributed by atoms with E-state index in [1.165, 1.54) is 6.42 Å². The van der Waals surface area contributed by atoms with Crippen LogP contribution in [0.15, 0.2) is 0 Å². The Hall–Kier alpha value is -0.610. The Balaban J connectivity index is 1.92. The highest BCUT2D eigenvalue weighted by atomic mass is 16.3. The Bertz CT molecular complexity index is 251. The molecule has 0 aromatic heterocycles. The normalized spacial score (nSPS) is 32.8. The summed E-state index contributed by atoms with van der Waals surface area (Å²) in [7, 11) is 0. The molecule has 16 heavy (non-hydrogen) atoms. The zero-order valence-electron chi connectivity index (χ0n) is 9.77. The highest BCUT2D eigenvalue weighted by molar-refractivity contribution is 5.82. The van der Waals surface area contributed by atoms with Crippen LogP contribution in [0.2, 0.25) is 0 Å². The van der Waals surface area contributed by atoms with E-state index in [2.05, 4.69) is 0 Å². The zero-order chi connectivity index (χ0) is 11.5. The summed E-state index contributed by atoms with van der Waals surface area (Å²) < 4.78 is 0. The monoisotopic (exact) mass is 226 g/mol. The predicted octanol–water partition coefficient (Wildman–Crippen LogP) is 0.487. The Morgan fingerprint density at radius 3 is 2.44 bits per heavy atom. The van der Waals surface area contributed by atoms with Crippen molar-refractivity contribution in [3.63, 3.8) is 0 Å². The Kier molecular flexibility index (Phi) is 3.82. The largest absolute Gasteiger partial charge is 0.393 e. The first kappa shape index (κ1) is 11.9. The average Bonchev–Trinajstić information content (AvgIpc) is 2.75. The Morgan fingerprint density at radius 2 is 1.88 bits per heavy atom. The van der Waals surface area contributed by atoms with Crippen molar-refractivity contribution in [1.29, 1.82) is 0 Å². The van der Waals surface area contributed by atoms with Gasteiger partial charge in [0.2, 0.25) is 5.91 Å². The van der Waals surface area contributed by atoms with E-state index in [1.54, 1.807) is 0 Å². The van der Waals surface area contributed by atoms with Crippen molar-refractivity contribution in [1.82, 2.24) is 4.90 Å². The first-order valence-electron chi connectivity index (χ1n) is 6.42. The number of hydrogen-bond acceptors (Lipinski definition) is 3. The van der Waals surface area contributed by atoms with Gasteiger partial charge in [0.25, 0.3) is 0 Å². The van der Waals surface area contributed by atoms with Gasteiger partial charge in [-0.25, -0.2) is 0 Å². The van der Waals surface area contributed by atoms with Gasteiger partial charge in [-0.05, 0) is 32.1 Å². The van der Waals surface area contributed by atoms with Gasteiger partial charge in [0.1, 0.15) is 0 Å². The third-order valence-electron chi connectivity index (χ3n) is 3.95. The van der Waals surface area contributed by atoms with Crippen LogP contribution in [0.25, 0.3) is 0 Å². The molecule has 2 rings (SSSR count).